The molecule has 8 heteroatoms. The van der Waals surface area contributed by atoms with Gasteiger partial charge in [0.1, 0.15) is 0 Å². The maximum Gasteiger partial charge on any atom is 0.300 e. The van der Waals surface area contributed by atoms with E-state index in [9.17, 15) is 10.1 Å². The summed E-state index contributed by atoms with van der Waals surface area (Å²) in [5.74, 6) is 0. The van der Waals surface area contributed by atoms with Gasteiger partial charge in [-0.2, -0.15) is 0 Å². The fourth-order valence-corrected chi connectivity index (χ4v) is 1.43. The zero-order chi connectivity index (χ0) is 12.4. The van der Waals surface area contributed by atoms with Crippen LogP contribution in [0.15, 0.2) is 16.8 Å². The van der Waals surface area contributed by atoms with Gasteiger partial charge in [0.25, 0.3) is 0 Å². The number of nitro benzene ring substituents is 1. The highest BCUT2D eigenvalue weighted by molar-refractivity contribution is 5.93. The first-order valence-electron chi connectivity index (χ1n) is 4.90. The molecule has 0 amide bonds. The summed E-state index contributed by atoms with van der Waals surface area (Å²) in [6.07, 6.45) is 0. The molecular formula is C9H10N4O4. The van der Waals surface area contributed by atoms with Crippen molar-refractivity contribution in [2.45, 2.75) is 13.0 Å². The third-order valence-corrected chi connectivity index (χ3v) is 2.27. The summed E-state index contributed by atoms with van der Waals surface area (Å²) in [5.41, 5.74) is 0.737. The van der Waals surface area contributed by atoms with E-state index < -0.39 is 4.92 Å². The van der Waals surface area contributed by atoms with E-state index in [0.717, 1.165) is 0 Å². The molecule has 0 bridgehead atoms. The van der Waals surface area contributed by atoms with Crippen molar-refractivity contribution in [3.05, 3.63) is 22.2 Å². The number of nitrogens with one attached hydrogen (secondary N) is 1. The van der Waals surface area contributed by atoms with Crippen LogP contribution in [0.1, 0.15) is 6.92 Å². The standard InChI is InChI=1S/C9H10N4O4/c1-5(4-14)10-6-2-3-7(13(15)16)9-8(6)11-17-12-9/h2-3,5,10,14H,4H2,1H3. The van der Waals surface area contributed by atoms with Crippen LogP contribution in [0.3, 0.4) is 0 Å². The molecule has 0 aliphatic carbocycles. The number of benzene rings is 1. The largest absolute Gasteiger partial charge is 0.394 e. The van der Waals surface area contributed by atoms with Gasteiger partial charge in [0, 0.05) is 12.1 Å². The van der Waals surface area contributed by atoms with E-state index in [-0.39, 0.29) is 29.4 Å². The van der Waals surface area contributed by atoms with Crippen molar-refractivity contribution in [3.63, 3.8) is 0 Å². The second-order valence-electron chi connectivity index (χ2n) is 3.58. The molecule has 90 valence electrons. The Hall–Kier alpha value is -2.22. The van der Waals surface area contributed by atoms with Crippen LogP contribution in [0.5, 0.6) is 0 Å². The van der Waals surface area contributed by atoms with Crippen LogP contribution in [0.25, 0.3) is 11.0 Å². The molecule has 2 rings (SSSR count). The summed E-state index contributed by atoms with van der Waals surface area (Å²) < 4.78 is 4.50. The molecule has 0 aliphatic heterocycles. The summed E-state index contributed by atoms with van der Waals surface area (Å²) >= 11 is 0. The Morgan fingerprint density at radius 3 is 2.88 bits per heavy atom. The summed E-state index contributed by atoms with van der Waals surface area (Å²) in [7, 11) is 0. The number of hydrogen-bond donors (Lipinski definition) is 2. The number of non-ortho nitro benzene ring substituents is 1. The number of aliphatic hydroxyl groups is 1. The first-order valence-corrected chi connectivity index (χ1v) is 4.90. The van der Waals surface area contributed by atoms with E-state index in [2.05, 4.69) is 20.3 Å². The zero-order valence-corrected chi connectivity index (χ0v) is 8.95. The summed E-state index contributed by atoms with van der Waals surface area (Å²) in [5, 5.41) is 29.7. The van der Waals surface area contributed by atoms with E-state index in [1.807, 2.05) is 0 Å². The zero-order valence-electron chi connectivity index (χ0n) is 8.95. The number of aliphatic hydroxyl groups excluding tert-OH is 1. The second-order valence-corrected chi connectivity index (χ2v) is 3.58. The van der Waals surface area contributed by atoms with Crippen molar-refractivity contribution < 1.29 is 14.7 Å². The van der Waals surface area contributed by atoms with E-state index in [1.165, 1.54) is 12.1 Å². The molecular weight excluding hydrogens is 228 g/mol. The Morgan fingerprint density at radius 1 is 1.53 bits per heavy atom. The maximum absolute atomic E-state index is 10.7. The van der Waals surface area contributed by atoms with Crippen LogP contribution in [0, 0.1) is 10.1 Å². The van der Waals surface area contributed by atoms with Crippen LogP contribution in [-0.4, -0.2) is 33.0 Å². The van der Waals surface area contributed by atoms with Crippen molar-refractivity contribution in [2.75, 3.05) is 11.9 Å². The number of hydrogen-bond acceptors (Lipinski definition) is 7. The van der Waals surface area contributed by atoms with Crippen molar-refractivity contribution in [1.29, 1.82) is 0 Å². The molecule has 1 aromatic carbocycles. The van der Waals surface area contributed by atoms with Crippen molar-refractivity contribution in [3.8, 4) is 0 Å². The molecule has 0 saturated carbocycles. The highest BCUT2D eigenvalue weighted by Gasteiger charge is 2.19. The fourth-order valence-electron chi connectivity index (χ4n) is 1.43. The Balaban J connectivity index is 2.49. The number of nitrogens with zero attached hydrogens (tertiary/aromatic N) is 3. The number of nitro groups is 1. The molecule has 0 fully saturated rings. The van der Waals surface area contributed by atoms with Crippen molar-refractivity contribution in [2.24, 2.45) is 0 Å². The molecule has 1 atom stereocenters. The fraction of sp³-hybridized carbons (Fsp3) is 0.333. The lowest BCUT2D eigenvalue weighted by molar-refractivity contribution is -0.383. The van der Waals surface area contributed by atoms with Crippen LogP contribution in [0.2, 0.25) is 0 Å². The van der Waals surface area contributed by atoms with Gasteiger partial charge in [0.05, 0.1) is 17.2 Å². The first kappa shape index (κ1) is 11.3. The van der Waals surface area contributed by atoms with Gasteiger partial charge in [-0.15, -0.1) is 0 Å². The molecule has 1 heterocycles. The molecule has 0 saturated heterocycles. The van der Waals surface area contributed by atoms with Crippen LogP contribution >= 0.6 is 0 Å². The van der Waals surface area contributed by atoms with Gasteiger partial charge in [-0.25, -0.2) is 4.63 Å². The lowest BCUT2D eigenvalue weighted by Gasteiger charge is -2.11. The number of fused-ring (bicyclic) bond motifs is 1. The minimum absolute atomic E-state index is 0.0657. The molecule has 17 heavy (non-hydrogen) atoms. The van der Waals surface area contributed by atoms with Crippen LogP contribution < -0.4 is 5.32 Å². The Labute approximate surface area is 95.3 Å². The summed E-state index contributed by atoms with van der Waals surface area (Å²) in [6, 6.07) is 2.63. The SMILES string of the molecule is CC(CO)Nc1ccc([N+](=O)[O-])c2nonc12. The molecule has 0 spiro atoms. The topological polar surface area (TPSA) is 114 Å². The van der Waals surface area contributed by atoms with E-state index >= 15 is 0 Å². The molecule has 1 aromatic heterocycles. The monoisotopic (exact) mass is 238 g/mol. The van der Waals surface area contributed by atoms with Gasteiger partial charge in [0.2, 0.25) is 5.52 Å². The summed E-state index contributed by atoms with van der Waals surface area (Å²) in [6.45, 7) is 1.70. The number of aromatic nitrogens is 2. The van der Waals surface area contributed by atoms with Crippen molar-refractivity contribution in [1.82, 2.24) is 10.3 Å². The molecule has 2 N–H and O–H groups in total. The van der Waals surface area contributed by atoms with Gasteiger partial charge < -0.3 is 10.4 Å². The van der Waals surface area contributed by atoms with Crippen LogP contribution in [0.4, 0.5) is 11.4 Å². The Bertz CT molecular complexity index is 553. The molecule has 8 nitrogen and oxygen atoms in total. The Morgan fingerprint density at radius 2 is 2.24 bits per heavy atom. The normalized spacial score (nSPS) is 12.6. The predicted molar refractivity (Wildman–Crippen MR) is 58.6 cm³/mol. The van der Waals surface area contributed by atoms with Gasteiger partial charge in [-0.1, -0.05) is 0 Å². The molecule has 2 aromatic rings. The van der Waals surface area contributed by atoms with Gasteiger partial charge in [-0.05, 0) is 23.3 Å². The lowest BCUT2D eigenvalue weighted by Crippen LogP contribution is -2.19. The molecule has 0 aliphatic rings. The average Bonchev–Trinajstić information content (AvgIpc) is 2.77. The predicted octanol–water partition coefficient (Wildman–Crippen LogP) is 0.924. The third kappa shape index (κ3) is 2.02. The van der Waals surface area contributed by atoms with E-state index in [0.29, 0.717) is 5.69 Å². The number of rotatable bonds is 4. The first-order chi connectivity index (χ1) is 8.13. The van der Waals surface area contributed by atoms with E-state index in [4.69, 9.17) is 5.11 Å². The number of anilines is 1. The highest BCUT2D eigenvalue weighted by Crippen LogP contribution is 2.28. The average molecular weight is 238 g/mol. The van der Waals surface area contributed by atoms with E-state index in [1.54, 1.807) is 6.92 Å². The molecule has 1 unspecified atom stereocenters. The van der Waals surface area contributed by atoms with Gasteiger partial charge >= 0.3 is 5.69 Å². The van der Waals surface area contributed by atoms with Gasteiger partial charge in [0.15, 0.2) is 5.52 Å². The lowest BCUT2D eigenvalue weighted by atomic mass is 10.2. The summed E-state index contributed by atoms with van der Waals surface area (Å²) in [4.78, 5) is 10.2. The minimum Gasteiger partial charge on any atom is -0.394 e. The second kappa shape index (κ2) is 4.34. The third-order valence-electron chi connectivity index (χ3n) is 2.27. The minimum atomic E-state index is -0.550. The quantitative estimate of drug-likeness (QED) is 0.601. The molecule has 0 radical (unpaired) electrons. The maximum atomic E-state index is 10.7. The highest BCUT2D eigenvalue weighted by atomic mass is 16.6. The van der Waals surface area contributed by atoms with Crippen molar-refractivity contribution >= 4 is 22.4 Å². The Kier molecular flexibility index (Phi) is 2.88. The van der Waals surface area contributed by atoms with Gasteiger partial charge in [-0.3, -0.25) is 10.1 Å². The van der Waals surface area contributed by atoms with Crippen LogP contribution in [-0.2, 0) is 0 Å². The smallest absolute Gasteiger partial charge is 0.300 e.